The molecule has 4 nitrogen and oxygen atoms in total. The number of phenolic OH excluding ortho intramolecular Hbond substituents is 1. The molecule has 1 saturated heterocycles. The standard InChI is InChI=1S/C22H27NO3/c1-15-10-17(11-16(2)21(15)24)13-23-9-5-7-19(14-23)22(25)18-6-4-8-20(12-18)26-3/h4,6,8,10-12,19,24H,5,7,9,13-14H2,1-3H3/t19-/m0/s1. The Balaban J connectivity index is 1.70. The summed E-state index contributed by atoms with van der Waals surface area (Å²) in [5.41, 5.74) is 3.72. The summed E-state index contributed by atoms with van der Waals surface area (Å²) in [5.74, 6) is 1.32. The first-order valence-corrected chi connectivity index (χ1v) is 9.17. The van der Waals surface area contributed by atoms with E-state index in [0.717, 1.165) is 54.9 Å². The molecule has 0 bridgehead atoms. The molecule has 2 aromatic rings. The van der Waals surface area contributed by atoms with Gasteiger partial charge in [-0.05, 0) is 62.1 Å². The van der Waals surface area contributed by atoms with Gasteiger partial charge in [-0.3, -0.25) is 9.69 Å². The molecule has 3 rings (SSSR count). The number of nitrogens with zero attached hydrogens (tertiary/aromatic N) is 1. The Morgan fingerprint density at radius 1 is 1.23 bits per heavy atom. The van der Waals surface area contributed by atoms with Gasteiger partial charge in [0.2, 0.25) is 0 Å². The second-order valence-electron chi connectivity index (χ2n) is 7.25. The number of phenols is 1. The van der Waals surface area contributed by atoms with Crippen molar-refractivity contribution in [3.8, 4) is 11.5 Å². The Hall–Kier alpha value is -2.33. The number of Topliss-reactive ketones (excluding diaryl/α,β-unsaturated/α-hetero) is 1. The lowest BCUT2D eigenvalue weighted by atomic mass is 9.89. The molecule has 1 aliphatic rings. The Morgan fingerprint density at radius 3 is 2.65 bits per heavy atom. The molecular formula is C22H27NO3. The minimum atomic E-state index is 0.0233. The molecule has 2 aromatic carbocycles. The number of piperidine rings is 1. The minimum absolute atomic E-state index is 0.0233. The number of hydrogen-bond acceptors (Lipinski definition) is 4. The maximum Gasteiger partial charge on any atom is 0.167 e. The van der Waals surface area contributed by atoms with Gasteiger partial charge in [-0.1, -0.05) is 24.3 Å². The molecule has 1 fully saturated rings. The molecule has 0 amide bonds. The number of carbonyl (C=O) groups excluding carboxylic acids is 1. The molecule has 1 N–H and O–H groups in total. The Kier molecular flexibility index (Phi) is 5.62. The number of likely N-dealkylation sites (tertiary alicyclic amines) is 1. The highest BCUT2D eigenvalue weighted by molar-refractivity contribution is 5.98. The van der Waals surface area contributed by atoms with Crippen molar-refractivity contribution < 1.29 is 14.6 Å². The fraction of sp³-hybridized carbons (Fsp3) is 0.409. The number of ketones is 1. The Labute approximate surface area is 155 Å². The van der Waals surface area contributed by atoms with Gasteiger partial charge in [-0.15, -0.1) is 0 Å². The number of carbonyl (C=O) groups is 1. The van der Waals surface area contributed by atoms with E-state index in [1.54, 1.807) is 7.11 Å². The first kappa shape index (κ1) is 18.5. The van der Waals surface area contributed by atoms with Crippen molar-refractivity contribution in [2.24, 2.45) is 5.92 Å². The number of aryl methyl sites for hydroxylation is 2. The second kappa shape index (κ2) is 7.92. The van der Waals surface area contributed by atoms with E-state index < -0.39 is 0 Å². The first-order chi connectivity index (χ1) is 12.5. The average molecular weight is 353 g/mol. The van der Waals surface area contributed by atoms with Crippen molar-refractivity contribution in [2.75, 3.05) is 20.2 Å². The summed E-state index contributed by atoms with van der Waals surface area (Å²) in [4.78, 5) is 15.2. The van der Waals surface area contributed by atoms with Crippen LogP contribution in [0.2, 0.25) is 0 Å². The highest BCUT2D eigenvalue weighted by Gasteiger charge is 2.27. The summed E-state index contributed by atoms with van der Waals surface area (Å²) in [6.07, 6.45) is 1.95. The van der Waals surface area contributed by atoms with E-state index in [9.17, 15) is 9.90 Å². The third kappa shape index (κ3) is 4.07. The van der Waals surface area contributed by atoms with Crippen LogP contribution in [0.5, 0.6) is 11.5 Å². The third-order valence-corrected chi connectivity index (χ3v) is 5.19. The normalized spacial score (nSPS) is 17.9. The summed E-state index contributed by atoms with van der Waals surface area (Å²) in [5, 5.41) is 9.95. The van der Waals surface area contributed by atoms with Gasteiger partial charge in [0.05, 0.1) is 7.11 Å². The summed E-state index contributed by atoms with van der Waals surface area (Å²) in [7, 11) is 1.62. The summed E-state index contributed by atoms with van der Waals surface area (Å²) in [6, 6.07) is 11.5. The largest absolute Gasteiger partial charge is 0.507 e. The van der Waals surface area contributed by atoms with Crippen molar-refractivity contribution in [3.05, 3.63) is 58.7 Å². The molecule has 0 saturated carbocycles. The van der Waals surface area contributed by atoms with Crippen molar-refractivity contribution in [2.45, 2.75) is 33.2 Å². The van der Waals surface area contributed by atoms with E-state index in [-0.39, 0.29) is 11.7 Å². The molecule has 0 radical (unpaired) electrons. The Morgan fingerprint density at radius 2 is 1.96 bits per heavy atom. The van der Waals surface area contributed by atoms with Crippen LogP contribution in [-0.2, 0) is 6.54 Å². The number of aromatic hydroxyl groups is 1. The zero-order valence-corrected chi connectivity index (χ0v) is 15.8. The molecule has 1 aliphatic heterocycles. The van der Waals surface area contributed by atoms with Crippen LogP contribution in [0, 0.1) is 19.8 Å². The van der Waals surface area contributed by atoms with Gasteiger partial charge >= 0.3 is 0 Å². The van der Waals surface area contributed by atoms with E-state index in [1.807, 2.05) is 50.2 Å². The van der Waals surface area contributed by atoms with Crippen LogP contribution >= 0.6 is 0 Å². The lowest BCUT2D eigenvalue weighted by molar-refractivity contribution is 0.0811. The number of rotatable bonds is 5. The number of methoxy groups -OCH3 is 1. The predicted molar refractivity (Wildman–Crippen MR) is 103 cm³/mol. The molecular weight excluding hydrogens is 326 g/mol. The number of hydrogen-bond donors (Lipinski definition) is 1. The van der Waals surface area contributed by atoms with E-state index in [2.05, 4.69) is 4.90 Å². The average Bonchev–Trinajstić information content (AvgIpc) is 2.65. The smallest absolute Gasteiger partial charge is 0.167 e. The highest BCUT2D eigenvalue weighted by Crippen LogP contribution is 2.27. The molecule has 0 aromatic heterocycles. The van der Waals surface area contributed by atoms with Gasteiger partial charge in [-0.25, -0.2) is 0 Å². The fourth-order valence-corrected chi connectivity index (χ4v) is 3.82. The lowest BCUT2D eigenvalue weighted by Gasteiger charge is -2.32. The van der Waals surface area contributed by atoms with Gasteiger partial charge in [-0.2, -0.15) is 0 Å². The third-order valence-electron chi connectivity index (χ3n) is 5.19. The molecule has 0 spiro atoms. The maximum absolute atomic E-state index is 12.9. The van der Waals surface area contributed by atoms with Crippen LogP contribution in [-0.4, -0.2) is 36.0 Å². The summed E-state index contributed by atoms with van der Waals surface area (Å²) >= 11 is 0. The SMILES string of the molecule is COc1cccc(C(=O)[C@H]2CCCN(Cc3cc(C)c(O)c(C)c3)C2)c1. The van der Waals surface area contributed by atoms with Crippen molar-refractivity contribution >= 4 is 5.78 Å². The van der Waals surface area contributed by atoms with E-state index >= 15 is 0 Å². The van der Waals surface area contributed by atoms with Crippen LogP contribution in [0.4, 0.5) is 0 Å². The zero-order valence-electron chi connectivity index (χ0n) is 15.8. The predicted octanol–water partition coefficient (Wildman–Crippen LogP) is 4.11. The fourth-order valence-electron chi connectivity index (χ4n) is 3.82. The van der Waals surface area contributed by atoms with Crippen LogP contribution in [0.1, 0.15) is 39.9 Å². The van der Waals surface area contributed by atoms with Crippen molar-refractivity contribution in [1.82, 2.24) is 4.90 Å². The summed E-state index contributed by atoms with van der Waals surface area (Å²) < 4.78 is 5.24. The highest BCUT2D eigenvalue weighted by atomic mass is 16.5. The molecule has 26 heavy (non-hydrogen) atoms. The molecule has 1 heterocycles. The van der Waals surface area contributed by atoms with Gasteiger partial charge in [0, 0.05) is 24.6 Å². The van der Waals surface area contributed by atoms with Crippen LogP contribution < -0.4 is 4.74 Å². The molecule has 1 atom stereocenters. The van der Waals surface area contributed by atoms with Gasteiger partial charge in [0.15, 0.2) is 5.78 Å². The van der Waals surface area contributed by atoms with Gasteiger partial charge in [0.1, 0.15) is 11.5 Å². The molecule has 138 valence electrons. The molecule has 4 heteroatoms. The summed E-state index contributed by atoms with van der Waals surface area (Å²) in [6.45, 7) is 6.44. The van der Waals surface area contributed by atoms with Crippen LogP contribution in [0.25, 0.3) is 0 Å². The van der Waals surface area contributed by atoms with E-state index in [1.165, 1.54) is 5.56 Å². The number of benzene rings is 2. The van der Waals surface area contributed by atoms with Gasteiger partial charge < -0.3 is 9.84 Å². The van der Waals surface area contributed by atoms with Crippen LogP contribution in [0.15, 0.2) is 36.4 Å². The number of ether oxygens (including phenoxy) is 1. The van der Waals surface area contributed by atoms with Crippen LogP contribution in [0.3, 0.4) is 0 Å². The first-order valence-electron chi connectivity index (χ1n) is 9.17. The maximum atomic E-state index is 12.9. The topological polar surface area (TPSA) is 49.8 Å². The van der Waals surface area contributed by atoms with Crippen molar-refractivity contribution in [3.63, 3.8) is 0 Å². The van der Waals surface area contributed by atoms with E-state index in [4.69, 9.17) is 4.74 Å². The van der Waals surface area contributed by atoms with Gasteiger partial charge in [0.25, 0.3) is 0 Å². The Bertz CT molecular complexity index is 777. The molecule has 0 unspecified atom stereocenters. The zero-order chi connectivity index (χ0) is 18.7. The van der Waals surface area contributed by atoms with E-state index in [0.29, 0.717) is 5.75 Å². The monoisotopic (exact) mass is 353 g/mol. The molecule has 0 aliphatic carbocycles. The van der Waals surface area contributed by atoms with Crippen molar-refractivity contribution in [1.29, 1.82) is 0 Å². The lowest BCUT2D eigenvalue weighted by Crippen LogP contribution is -2.38. The quantitative estimate of drug-likeness (QED) is 0.822. The second-order valence-corrected chi connectivity index (χ2v) is 7.25. The minimum Gasteiger partial charge on any atom is -0.507 e.